The Morgan fingerprint density at radius 3 is 1.32 bits per heavy atom. The highest BCUT2D eigenvalue weighted by atomic mass is 35.5. The minimum atomic E-state index is -3.67. The van der Waals surface area contributed by atoms with E-state index in [1.165, 1.54) is 16.0 Å². The van der Waals surface area contributed by atoms with E-state index in [0.29, 0.717) is 28.0 Å². The standard InChI is InChI=1S/C21H19Cl2NO2S.C21H19Cl2NOS.C21H19Cl2NS/c1-15(17-6-5-7-18(22)13-17)24-14-16-10-11-20(23)21(12-16)27(25,26)19-8-3-2-4-9-19;1-15(17-6-5-7-18(22)13-17)24-14-16-10-11-20(23)21(12-16)26(25)19-8-3-2-4-9-19;1-15(17-6-5-7-18(22)13-17)24-14-16-10-11-20(23)21(12-16)25-19-8-3-2-4-9-19/h2-13,15,24H,14H2,1H3;2-13,15,24H,14H2,1H3;2-13,15,24H,14H2,1H3. The van der Waals surface area contributed by atoms with Gasteiger partial charge < -0.3 is 16.0 Å². The molecule has 9 aromatic rings. The molecular formula is C63H57Cl6N3O3S3. The van der Waals surface area contributed by atoms with Gasteiger partial charge in [-0.1, -0.05) is 191 Å². The Hall–Kier alpha value is -4.95. The number of nitrogens with one attached hydrogen (secondary N) is 3. The third kappa shape index (κ3) is 18.0. The topological polar surface area (TPSA) is 87.3 Å². The lowest BCUT2D eigenvalue weighted by Crippen LogP contribution is -2.18. The van der Waals surface area contributed by atoms with Crippen molar-refractivity contribution < 1.29 is 12.6 Å². The third-order valence-corrected chi connectivity index (χ3v) is 18.7. The fourth-order valence-electron chi connectivity index (χ4n) is 7.91. The summed E-state index contributed by atoms with van der Waals surface area (Å²) in [6.45, 7) is 8.17. The van der Waals surface area contributed by atoms with Crippen LogP contribution in [-0.2, 0) is 40.3 Å². The zero-order chi connectivity index (χ0) is 55.6. The van der Waals surface area contributed by atoms with Crippen molar-refractivity contribution in [2.24, 2.45) is 0 Å². The molecule has 0 aliphatic heterocycles. The Morgan fingerprint density at radius 1 is 0.436 bits per heavy atom. The number of benzene rings is 9. The number of rotatable bonds is 18. The van der Waals surface area contributed by atoms with Crippen molar-refractivity contribution in [1.82, 2.24) is 16.0 Å². The van der Waals surface area contributed by atoms with Gasteiger partial charge in [0.15, 0.2) is 0 Å². The van der Waals surface area contributed by atoms with Crippen molar-refractivity contribution in [1.29, 1.82) is 0 Å². The van der Waals surface area contributed by atoms with E-state index in [-0.39, 0.29) is 32.9 Å². The summed E-state index contributed by atoms with van der Waals surface area (Å²) >= 11 is 38.7. The van der Waals surface area contributed by atoms with Gasteiger partial charge in [-0.25, -0.2) is 12.6 Å². The van der Waals surface area contributed by atoms with Gasteiger partial charge in [-0.15, -0.1) is 0 Å². The van der Waals surface area contributed by atoms with Crippen molar-refractivity contribution in [3.63, 3.8) is 0 Å². The summed E-state index contributed by atoms with van der Waals surface area (Å²) in [7, 11) is -4.96. The average Bonchev–Trinajstić information content (AvgIpc) is 3.47. The minimum Gasteiger partial charge on any atom is -0.306 e. The molecule has 6 nitrogen and oxygen atoms in total. The maximum Gasteiger partial charge on any atom is 0.208 e. The third-order valence-electron chi connectivity index (χ3n) is 12.3. The van der Waals surface area contributed by atoms with Crippen LogP contribution in [0.3, 0.4) is 0 Å². The number of hydrogen-bond acceptors (Lipinski definition) is 7. The Labute approximate surface area is 496 Å². The van der Waals surface area contributed by atoms with Crippen LogP contribution < -0.4 is 16.0 Å². The van der Waals surface area contributed by atoms with E-state index in [1.54, 1.807) is 60.3 Å². The molecule has 0 spiro atoms. The van der Waals surface area contributed by atoms with Crippen LogP contribution in [-0.4, -0.2) is 12.6 Å². The Morgan fingerprint density at radius 2 is 0.846 bits per heavy atom. The average molecular weight is 1210 g/mol. The monoisotopic (exact) mass is 1210 g/mol. The van der Waals surface area contributed by atoms with E-state index in [1.807, 2.05) is 146 Å². The lowest BCUT2D eigenvalue weighted by Gasteiger charge is -2.15. The molecule has 4 atom stereocenters. The highest BCUT2D eigenvalue weighted by Crippen LogP contribution is 2.35. The van der Waals surface area contributed by atoms with Gasteiger partial charge in [-0.05, 0) is 163 Å². The first-order valence-electron chi connectivity index (χ1n) is 24.9. The summed E-state index contributed by atoms with van der Waals surface area (Å²) in [4.78, 5) is 3.97. The molecule has 78 heavy (non-hydrogen) atoms. The molecule has 0 saturated heterocycles. The molecule has 0 bridgehead atoms. The second-order valence-corrected chi connectivity index (χ2v) is 25.1. The Kier molecular flexibility index (Phi) is 23.4. The molecule has 0 aromatic heterocycles. The van der Waals surface area contributed by atoms with E-state index in [2.05, 4.69) is 60.1 Å². The molecule has 9 aromatic carbocycles. The van der Waals surface area contributed by atoms with Gasteiger partial charge in [0, 0.05) is 67.5 Å². The summed E-state index contributed by atoms with van der Waals surface area (Å²) < 4.78 is 38.6. The molecule has 9 rings (SSSR count). The normalized spacial score (nSPS) is 12.7. The molecule has 0 heterocycles. The minimum absolute atomic E-state index is 0.0635. The SMILES string of the molecule is CC(NCc1ccc(Cl)c(S(=O)(=O)c2ccccc2)c1)c1cccc(Cl)c1.CC(NCc1ccc(Cl)c(S(=O)c2ccccc2)c1)c1cccc(Cl)c1.CC(NCc1ccc(Cl)c(Sc2ccccc2)c1)c1cccc(Cl)c1. The molecule has 4 unspecified atom stereocenters. The highest BCUT2D eigenvalue weighted by molar-refractivity contribution is 7.99. The largest absolute Gasteiger partial charge is 0.306 e. The van der Waals surface area contributed by atoms with Gasteiger partial charge in [0.05, 0.1) is 40.6 Å². The zero-order valence-corrected chi connectivity index (χ0v) is 49.8. The van der Waals surface area contributed by atoms with Crippen molar-refractivity contribution in [2.75, 3.05) is 0 Å². The van der Waals surface area contributed by atoms with Gasteiger partial charge >= 0.3 is 0 Å². The van der Waals surface area contributed by atoms with Gasteiger partial charge in [0.25, 0.3) is 0 Å². The van der Waals surface area contributed by atoms with Crippen LogP contribution in [0.1, 0.15) is 72.3 Å². The maximum atomic E-state index is 12.9. The van der Waals surface area contributed by atoms with Gasteiger partial charge in [-0.2, -0.15) is 0 Å². The summed E-state index contributed by atoms with van der Waals surface area (Å²) in [6.07, 6.45) is 0. The van der Waals surface area contributed by atoms with Gasteiger partial charge in [0.1, 0.15) is 0 Å². The Balaban J connectivity index is 0.000000170. The lowest BCUT2D eigenvalue weighted by atomic mass is 10.1. The first kappa shape index (κ1) is 60.7. The number of halogens is 6. The smallest absolute Gasteiger partial charge is 0.208 e. The van der Waals surface area contributed by atoms with Crippen LogP contribution >= 0.6 is 81.4 Å². The second-order valence-electron chi connectivity index (χ2n) is 18.1. The summed E-state index contributed by atoms with van der Waals surface area (Å²) in [5.74, 6) is 0. The summed E-state index contributed by atoms with van der Waals surface area (Å²) in [5, 5.41) is 14.1. The van der Waals surface area contributed by atoms with Crippen LogP contribution in [0.15, 0.2) is 248 Å². The first-order valence-corrected chi connectivity index (χ1v) is 30.6. The van der Waals surface area contributed by atoms with Crippen LogP contribution in [0.25, 0.3) is 0 Å². The van der Waals surface area contributed by atoms with E-state index < -0.39 is 20.6 Å². The second kappa shape index (κ2) is 30.0. The molecule has 15 heteroatoms. The molecule has 0 aliphatic rings. The van der Waals surface area contributed by atoms with E-state index in [0.717, 1.165) is 53.7 Å². The van der Waals surface area contributed by atoms with Crippen molar-refractivity contribution in [3.8, 4) is 0 Å². The molecule has 0 fully saturated rings. The molecule has 402 valence electrons. The fraction of sp³-hybridized carbons (Fsp3) is 0.143. The lowest BCUT2D eigenvalue weighted by molar-refractivity contribution is 0.573. The number of sulfone groups is 1. The van der Waals surface area contributed by atoms with E-state index >= 15 is 0 Å². The summed E-state index contributed by atoms with van der Waals surface area (Å²) in [6, 6.07) is 68.7. The van der Waals surface area contributed by atoms with Crippen LogP contribution in [0.2, 0.25) is 30.1 Å². The molecule has 0 amide bonds. The van der Waals surface area contributed by atoms with E-state index in [9.17, 15) is 12.6 Å². The van der Waals surface area contributed by atoms with Crippen molar-refractivity contribution in [3.05, 3.63) is 282 Å². The van der Waals surface area contributed by atoms with Gasteiger partial charge in [0.2, 0.25) is 9.84 Å². The Bertz CT molecular complexity index is 3530. The predicted octanol–water partition coefficient (Wildman–Crippen LogP) is 18.7. The van der Waals surface area contributed by atoms with Crippen molar-refractivity contribution in [2.45, 2.75) is 87.9 Å². The predicted molar refractivity (Wildman–Crippen MR) is 328 cm³/mol. The molecular weight excluding hydrogens is 1160 g/mol. The molecule has 0 aliphatic carbocycles. The van der Waals surface area contributed by atoms with Gasteiger partial charge in [-0.3, -0.25) is 0 Å². The maximum absolute atomic E-state index is 12.9. The zero-order valence-electron chi connectivity index (χ0n) is 42.9. The number of hydrogen-bond donors (Lipinski definition) is 3. The first-order chi connectivity index (χ1) is 37.5. The fourth-order valence-corrected chi connectivity index (χ4v) is 13.0. The highest BCUT2D eigenvalue weighted by Gasteiger charge is 2.21. The molecule has 0 radical (unpaired) electrons. The van der Waals surface area contributed by atoms with Crippen LogP contribution in [0.4, 0.5) is 0 Å². The summed E-state index contributed by atoms with van der Waals surface area (Å²) in [5.41, 5.74) is 6.44. The van der Waals surface area contributed by atoms with E-state index in [4.69, 9.17) is 69.6 Å². The molecule has 0 saturated carbocycles. The molecule has 3 N–H and O–H groups in total. The van der Waals surface area contributed by atoms with Crippen LogP contribution in [0, 0.1) is 0 Å². The van der Waals surface area contributed by atoms with Crippen molar-refractivity contribution >= 4 is 102 Å². The quantitative estimate of drug-likeness (QED) is 0.0789. The van der Waals surface area contributed by atoms with Crippen LogP contribution in [0.5, 0.6) is 0 Å².